The SMILES string of the molecule is CCCC[C@@H](c1cc(OC)c(O)c([N+](=O)[O-])c1)N1CCNCC1. The maximum absolute atomic E-state index is 11.2. The minimum absolute atomic E-state index is 0.102. The number of benzene rings is 1. The van der Waals surface area contributed by atoms with Gasteiger partial charge >= 0.3 is 5.69 Å². The van der Waals surface area contributed by atoms with Crippen LogP contribution in [0.3, 0.4) is 0 Å². The number of phenols is 1. The Balaban J connectivity index is 2.39. The monoisotopic (exact) mass is 323 g/mol. The van der Waals surface area contributed by atoms with Crippen LogP contribution in [0.15, 0.2) is 12.1 Å². The number of nitrogens with one attached hydrogen (secondary N) is 1. The first-order chi connectivity index (χ1) is 11.1. The topological polar surface area (TPSA) is 87.9 Å². The van der Waals surface area contributed by atoms with Gasteiger partial charge in [0.15, 0.2) is 5.75 Å². The van der Waals surface area contributed by atoms with Crippen molar-refractivity contribution in [1.29, 1.82) is 0 Å². The highest BCUT2D eigenvalue weighted by Crippen LogP contribution is 2.40. The summed E-state index contributed by atoms with van der Waals surface area (Å²) in [7, 11) is 1.41. The highest BCUT2D eigenvalue weighted by molar-refractivity contribution is 5.57. The first-order valence-corrected chi connectivity index (χ1v) is 8.08. The van der Waals surface area contributed by atoms with Gasteiger partial charge in [-0.05, 0) is 18.1 Å². The van der Waals surface area contributed by atoms with Crippen molar-refractivity contribution >= 4 is 5.69 Å². The molecule has 1 aliphatic rings. The third-order valence-electron chi connectivity index (χ3n) is 4.30. The Hall–Kier alpha value is -1.86. The fraction of sp³-hybridized carbons (Fsp3) is 0.625. The van der Waals surface area contributed by atoms with E-state index < -0.39 is 10.7 Å². The summed E-state index contributed by atoms with van der Waals surface area (Å²) in [5, 5.41) is 24.5. The molecule has 0 unspecified atom stereocenters. The van der Waals surface area contributed by atoms with E-state index in [1.807, 2.05) is 0 Å². The molecule has 0 aliphatic carbocycles. The summed E-state index contributed by atoms with van der Waals surface area (Å²) in [6.45, 7) is 5.78. The molecule has 0 spiro atoms. The van der Waals surface area contributed by atoms with Gasteiger partial charge in [-0.3, -0.25) is 15.0 Å². The van der Waals surface area contributed by atoms with Crippen LogP contribution < -0.4 is 10.1 Å². The van der Waals surface area contributed by atoms with Crippen LogP contribution in [0.25, 0.3) is 0 Å². The second kappa shape index (κ2) is 8.12. The standard InChI is InChI=1S/C16H25N3O4/c1-3-4-5-13(18-8-6-17-7-9-18)12-10-14(19(21)22)16(20)15(11-12)23-2/h10-11,13,17,20H,3-9H2,1-2H3/t13-/m0/s1. The quantitative estimate of drug-likeness (QED) is 0.592. The Morgan fingerprint density at radius 2 is 2.13 bits per heavy atom. The largest absolute Gasteiger partial charge is 0.500 e. The van der Waals surface area contributed by atoms with Crippen LogP contribution in [-0.4, -0.2) is 48.2 Å². The number of rotatable bonds is 7. The molecule has 1 aromatic rings. The lowest BCUT2D eigenvalue weighted by atomic mass is 9.97. The van der Waals surface area contributed by atoms with Crippen LogP contribution in [-0.2, 0) is 0 Å². The maximum atomic E-state index is 11.2. The van der Waals surface area contributed by atoms with Crippen molar-refractivity contribution in [3.8, 4) is 11.5 Å². The van der Waals surface area contributed by atoms with E-state index in [2.05, 4.69) is 17.1 Å². The van der Waals surface area contributed by atoms with Gasteiger partial charge in [0.1, 0.15) is 0 Å². The first kappa shape index (κ1) is 17.5. The van der Waals surface area contributed by atoms with Gasteiger partial charge in [-0.1, -0.05) is 19.8 Å². The lowest BCUT2D eigenvalue weighted by molar-refractivity contribution is -0.386. The zero-order valence-corrected chi connectivity index (χ0v) is 13.7. The fourth-order valence-corrected chi connectivity index (χ4v) is 3.05. The van der Waals surface area contributed by atoms with Crippen LogP contribution in [0, 0.1) is 10.1 Å². The summed E-state index contributed by atoms with van der Waals surface area (Å²) < 4.78 is 5.13. The second-order valence-electron chi connectivity index (χ2n) is 5.79. The van der Waals surface area contributed by atoms with Crippen LogP contribution in [0.1, 0.15) is 37.8 Å². The third kappa shape index (κ3) is 4.11. The van der Waals surface area contributed by atoms with E-state index in [4.69, 9.17) is 4.74 Å². The molecule has 1 aliphatic heterocycles. The minimum Gasteiger partial charge on any atom is -0.500 e. The number of piperazine rings is 1. The van der Waals surface area contributed by atoms with Crippen LogP contribution in [0.5, 0.6) is 11.5 Å². The summed E-state index contributed by atoms with van der Waals surface area (Å²) in [6.07, 6.45) is 3.05. The predicted octanol–water partition coefficient (Wildman–Crippen LogP) is 2.45. The highest BCUT2D eigenvalue weighted by atomic mass is 16.6. The van der Waals surface area contributed by atoms with E-state index in [1.165, 1.54) is 13.2 Å². The number of hydrogen-bond donors (Lipinski definition) is 2. The molecule has 23 heavy (non-hydrogen) atoms. The van der Waals surface area contributed by atoms with Crippen LogP contribution >= 0.6 is 0 Å². The number of aromatic hydroxyl groups is 1. The number of ether oxygens (including phenoxy) is 1. The van der Waals surface area contributed by atoms with Crippen molar-refractivity contribution in [3.05, 3.63) is 27.8 Å². The highest BCUT2D eigenvalue weighted by Gasteiger charge is 2.27. The van der Waals surface area contributed by atoms with E-state index in [0.29, 0.717) is 0 Å². The van der Waals surface area contributed by atoms with Crippen molar-refractivity contribution in [2.45, 2.75) is 32.2 Å². The van der Waals surface area contributed by atoms with E-state index in [1.54, 1.807) is 6.07 Å². The fourth-order valence-electron chi connectivity index (χ4n) is 3.05. The van der Waals surface area contributed by atoms with Gasteiger partial charge in [0, 0.05) is 38.3 Å². The van der Waals surface area contributed by atoms with Crippen molar-refractivity contribution in [2.75, 3.05) is 33.3 Å². The number of unbranched alkanes of at least 4 members (excludes halogenated alkanes) is 1. The molecule has 1 heterocycles. The van der Waals surface area contributed by atoms with Crippen LogP contribution in [0.2, 0.25) is 0 Å². The second-order valence-corrected chi connectivity index (χ2v) is 5.79. The van der Waals surface area contributed by atoms with Crippen molar-refractivity contribution < 1.29 is 14.8 Å². The molecule has 7 heteroatoms. The molecule has 1 atom stereocenters. The van der Waals surface area contributed by atoms with Crippen molar-refractivity contribution in [1.82, 2.24) is 10.2 Å². The molecule has 2 N–H and O–H groups in total. The van der Waals surface area contributed by atoms with Gasteiger partial charge in [-0.2, -0.15) is 0 Å². The summed E-state index contributed by atoms with van der Waals surface area (Å²) in [6, 6.07) is 3.32. The predicted molar refractivity (Wildman–Crippen MR) is 88.0 cm³/mol. The van der Waals surface area contributed by atoms with Crippen LogP contribution in [0.4, 0.5) is 5.69 Å². The van der Waals surface area contributed by atoms with Gasteiger partial charge in [-0.15, -0.1) is 0 Å². The molecule has 0 amide bonds. The van der Waals surface area contributed by atoms with Gasteiger partial charge in [0.2, 0.25) is 5.75 Å². The van der Waals surface area contributed by atoms with Gasteiger partial charge < -0.3 is 15.2 Å². The molecule has 1 fully saturated rings. The molecular weight excluding hydrogens is 298 g/mol. The number of nitro groups is 1. The zero-order valence-electron chi connectivity index (χ0n) is 13.7. The smallest absolute Gasteiger partial charge is 0.314 e. The Morgan fingerprint density at radius 3 is 2.70 bits per heavy atom. The molecule has 2 rings (SSSR count). The molecule has 0 bridgehead atoms. The summed E-state index contributed by atoms with van der Waals surface area (Å²) >= 11 is 0. The Bertz CT molecular complexity index is 544. The van der Waals surface area contributed by atoms with Crippen molar-refractivity contribution in [2.24, 2.45) is 0 Å². The average molecular weight is 323 g/mol. The molecule has 128 valence electrons. The van der Waals surface area contributed by atoms with Gasteiger partial charge in [0.05, 0.1) is 12.0 Å². The average Bonchev–Trinajstić information content (AvgIpc) is 2.57. The van der Waals surface area contributed by atoms with E-state index in [0.717, 1.165) is 51.0 Å². The minimum atomic E-state index is -0.560. The normalized spacial score (nSPS) is 17.0. The van der Waals surface area contributed by atoms with Gasteiger partial charge in [0.25, 0.3) is 0 Å². The molecule has 0 radical (unpaired) electrons. The summed E-state index contributed by atoms with van der Waals surface area (Å²) in [5.74, 6) is -0.248. The van der Waals surface area contributed by atoms with E-state index in [-0.39, 0.29) is 17.5 Å². The number of phenolic OH excluding ortho intramolecular Hbond substituents is 1. The molecular formula is C16H25N3O4. The number of hydrogen-bond acceptors (Lipinski definition) is 6. The Kier molecular flexibility index (Phi) is 6.18. The lowest BCUT2D eigenvalue weighted by Crippen LogP contribution is -2.45. The molecule has 1 aromatic carbocycles. The zero-order chi connectivity index (χ0) is 16.8. The Labute approximate surface area is 136 Å². The lowest BCUT2D eigenvalue weighted by Gasteiger charge is -2.35. The third-order valence-corrected chi connectivity index (χ3v) is 4.30. The first-order valence-electron chi connectivity index (χ1n) is 8.08. The van der Waals surface area contributed by atoms with E-state index in [9.17, 15) is 15.2 Å². The van der Waals surface area contributed by atoms with Gasteiger partial charge in [-0.25, -0.2) is 0 Å². The maximum Gasteiger partial charge on any atom is 0.314 e. The molecule has 7 nitrogen and oxygen atoms in total. The van der Waals surface area contributed by atoms with Crippen molar-refractivity contribution in [3.63, 3.8) is 0 Å². The summed E-state index contributed by atoms with van der Waals surface area (Å²) in [5.41, 5.74) is 0.540. The molecule has 1 saturated heterocycles. The number of nitrogens with zero attached hydrogens (tertiary/aromatic N) is 2. The summed E-state index contributed by atoms with van der Waals surface area (Å²) in [4.78, 5) is 13.0. The number of nitro benzene ring substituents is 1. The molecule has 0 saturated carbocycles. The Morgan fingerprint density at radius 1 is 1.43 bits per heavy atom. The number of methoxy groups -OCH3 is 1. The van der Waals surface area contributed by atoms with E-state index >= 15 is 0 Å². The molecule has 0 aromatic heterocycles.